The molecule has 2 aliphatic carbocycles. The van der Waals surface area contributed by atoms with Gasteiger partial charge in [-0.1, -0.05) is 62.4 Å². The van der Waals surface area contributed by atoms with Gasteiger partial charge in [0.05, 0.1) is 12.5 Å². The standard InChI is InChI=1S/C22H25FN2O3S.C22H27FN2O2S/c1-22(16-4-3-5-18(12-16)24-29(2,27)28)19-13-25(14-20(19)22)21(26)11-8-15-6-9-17(23)10-7-15;1-22(17-6-3-7-19(13-17)24-28(2,26)27)20-14-25(15-21(20)22)12-4-5-16-8-10-18(23)11-9-16/h3-7,9-10,12,19-20,24H,8,11,13-14H2,1-2H3;3,6-11,13,20-21,24H,4-5,12,14-15H2,1-2H3. The second-order valence-corrected chi connectivity index (χ2v) is 20.3. The molecule has 2 aliphatic heterocycles. The van der Waals surface area contributed by atoms with Gasteiger partial charge in [0.2, 0.25) is 26.0 Å². The molecule has 304 valence electrons. The molecular formula is C44H52F2N4O5S2. The van der Waals surface area contributed by atoms with Crippen LogP contribution in [0, 0.1) is 35.3 Å². The number of sulfonamides is 2. The van der Waals surface area contributed by atoms with Crippen molar-refractivity contribution in [2.24, 2.45) is 23.7 Å². The maximum atomic E-state index is 13.0. The highest BCUT2D eigenvalue weighted by Crippen LogP contribution is 2.64. The van der Waals surface area contributed by atoms with Crippen LogP contribution >= 0.6 is 0 Å². The quantitative estimate of drug-likeness (QED) is 0.153. The average Bonchev–Trinajstić information content (AvgIpc) is 3.62. The Labute approximate surface area is 336 Å². The monoisotopic (exact) mass is 818 g/mol. The summed E-state index contributed by atoms with van der Waals surface area (Å²) in [7, 11) is -6.57. The van der Waals surface area contributed by atoms with Crippen molar-refractivity contribution in [3.05, 3.63) is 131 Å². The van der Waals surface area contributed by atoms with Crippen molar-refractivity contribution < 1.29 is 30.4 Å². The van der Waals surface area contributed by atoms with Gasteiger partial charge >= 0.3 is 0 Å². The van der Waals surface area contributed by atoms with Crippen LogP contribution in [0.1, 0.15) is 48.9 Å². The summed E-state index contributed by atoms with van der Waals surface area (Å²) in [6, 6.07) is 28.5. The SMILES string of the molecule is CC1(c2cccc(NS(C)(=O)=O)c2)C2CN(C(=O)CCc3ccc(F)cc3)CC21.CC1(c2cccc(NS(C)(=O)=O)c2)C2CN(CCCc3ccc(F)cc3)CC21. The zero-order valence-corrected chi connectivity index (χ0v) is 34.6. The molecule has 8 rings (SSSR count). The topological polar surface area (TPSA) is 116 Å². The molecule has 4 unspecified atom stereocenters. The highest BCUT2D eigenvalue weighted by molar-refractivity contribution is 7.92. The Morgan fingerprint density at radius 3 is 1.51 bits per heavy atom. The van der Waals surface area contributed by atoms with Crippen LogP contribution in [-0.4, -0.2) is 77.8 Å². The third-order valence-electron chi connectivity index (χ3n) is 12.9. The number of hydrogen-bond acceptors (Lipinski definition) is 6. The lowest BCUT2D eigenvalue weighted by Gasteiger charge is -2.25. The molecule has 0 radical (unpaired) electrons. The number of nitrogens with zero attached hydrogens (tertiary/aromatic N) is 2. The van der Waals surface area contributed by atoms with E-state index >= 15 is 0 Å². The molecule has 4 fully saturated rings. The van der Waals surface area contributed by atoms with Gasteiger partial charge in [0, 0.05) is 54.8 Å². The van der Waals surface area contributed by atoms with Crippen LogP contribution in [0.5, 0.6) is 0 Å². The lowest BCUT2D eigenvalue weighted by Crippen LogP contribution is -2.34. The number of likely N-dealkylation sites (tertiary alicyclic amines) is 2. The molecule has 57 heavy (non-hydrogen) atoms. The summed E-state index contributed by atoms with van der Waals surface area (Å²) in [6.45, 7) is 9.21. The van der Waals surface area contributed by atoms with Crippen molar-refractivity contribution in [1.82, 2.24) is 9.80 Å². The number of carbonyl (C=O) groups excluding carboxylic acids is 1. The average molecular weight is 819 g/mol. The molecule has 0 bridgehead atoms. The van der Waals surface area contributed by atoms with Crippen molar-refractivity contribution in [2.45, 2.75) is 50.4 Å². The van der Waals surface area contributed by atoms with Gasteiger partial charge in [-0.2, -0.15) is 0 Å². The molecule has 4 atom stereocenters. The predicted octanol–water partition coefficient (Wildman–Crippen LogP) is 6.83. The minimum absolute atomic E-state index is 0.0249. The third-order valence-corrected chi connectivity index (χ3v) is 14.1. The van der Waals surface area contributed by atoms with Crippen LogP contribution in [0.15, 0.2) is 97.1 Å². The van der Waals surface area contributed by atoms with E-state index in [1.54, 1.807) is 24.3 Å². The first-order valence-electron chi connectivity index (χ1n) is 19.6. The summed E-state index contributed by atoms with van der Waals surface area (Å²) in [5, 5.41) is 0. The van der Waals surface area contributed by atoms with Crippen LogP contribution in [0.25, 0.3) is 0 Å². The van der Waals surface area contributed by atoms with Gasteiger partial charge in [0.1, 0.15) is 11.6 Å². The van der Waals surface area contributed by atoms with Gasteiger partial charge in [-0.25, -0.2) is 25.6 Å². The van der Waals surface area contributed by atoms with Crippen molar-refractivity contribution in [2.75, 3.05) is 54.7 Å². The molecule has 2 saturated heterocycles. The number of piperidine rings is 2. The molecule has 4 aliphatic rings. The number of amides is 1. The van der Waals surface area contributed by atoms with E-state index < -0.39 is 20.0 Å². The zero-order valence-electron chi connectivity index (χ0n) is 32.9. The Kier molecular flexibility index (Phi) is 11.3. The summed E-state index contributed by atoms with van der Waals surface area (Å²) in [5.41, 5.74) is 5.81. The van der Waals surface area contributed by atoms with Gasteiger partial charge in [-0.3, -0.25) is 14.2 Å². The molecule has 4 aromatic carbocycles. The first kappa shape index (κ1) is 40.9. The number of hydrogen-bond donors (Lipinski definition) is 2. The minimum Gasteiger partial charge on any atom is -0.342 e. The Hall–Kier alpha value is -4.33. The number of anilines is 2. The van der Waals surface area contributed by atoms with Gasteiger partial charge < -0.3 is 9.80 Å². The van der Waals surface area contributed by atoms with E-state index in [1.807, 2.05) is 47.4 Å². The van der Waals surface area contributed by atoms with Gasteiger partial charge in [-0.15, -0.1) is 0 Å². The van der Waals surface area contributed by atoms with E-state index in [4.69, 9.17) is 0 Å². The number of rotatable bonds is 13. The maximum Gasteiger partial charge on any atom is 0.229 e. The van der Waals surface area contributed by atoms with E-state index in [9.17, 15) is 30.4 Å². The van der Waals surface area contributed by atoms with E-state index in [-0.39, 0.29) is 28.4 Å². The highest BCUT2D eigenvalue weighted by atomic mass is 32.2. The Bertz CT molecular complexity index is 2300. The summed E-state index contributed by atoms with van der Waals surface area (Å²) >= 11 is 0. The highest BCUT2D eigenvalue weighted by Gasteiger charge is 2.66. The molecule has 13 heteroatoms. The molecule has 9 nitrogen and oxygen atoms in total. The van der Waals surface area contributed by atoms with E-state index in [0.717, 1.165) is 62.9 Å². The number of nitrogens with one attached hydrogen (secondary N) is 2. The fourth-order valence-electron chi connectivity index (χ4n) is 9.57. The summed E-state index contributed by atoms with van der Waals surface area (Å²) in [4.78, 5) is 17.0. The van der Waals surface area contributed by atoms with Gasteiger partial charge in [0.25, 0.3) is 0 Å². The fourth-order valence-corrected chi connectivity index (χ4v) is 10.7. The molecule has 0 aromatic heterocycles. The maximum absolute atomic E-state index is 13.0. The van der Waals surface area contributed by atoms with Gasteiger partial charge in [-0.05, 0) is 120 Å². The zero-order chi connectivity index (χ0) is 40.8. The normalized spacial score (nSPS) is 26.2. The molecular weight excluding hydrogens is 767 g/mol. The van der Waals surface area contributed by atoms with Crippen molar-refractivity contribution >= 4 is 37.3 Å². The van der Waals surface area contributed by atoms with E-state index in [0.29, 0.717) is 47.9 Å². The summed E-state index contributed by atoms with van der Waals surface area (Å²) in [5.74, 6) is 1.74. The molecule has 2 N–H and O–H groups in total. The van der Waals surface area contributed by atoms with Crippen molar-refractivity contribution in [3.63, 3.8) is 0 Å². The van der Waals surface area contributed by atoms with Crippen molar-refractivity contribution in [3.8, 4) is 0 Å². The first-order chi connectivity index (χ1) is 26.9. The van der Waals surface area contributed by atoms with Gasteiger partial charge in [0.15, 0.2) is 0 Å². The number of benzene rings is 4. The molecule has 4 aromatic rings. The number of fused-ring (bicyclic) bond motifs is 2. The van der Waals surface area contributed by atoms with E-state index in [1.165, 1.54) is 41.6 Å². The molecule has 1 amide bonds. The Morgan fingerprint density at radius 1 is 0.649 bits per heavy atom. The lowest BCUT2D eigenvalue weighted by atomic mass is 9.92. The largest absolute Gasteiger partial charge is 0.342 e. The number of aryl methyl sites for hydroxylation is 2. The summed E-state index contributed by atoms with van der Waals surface area (Å²) in [6.07, 6.45) is 5.41. The second-order valence-electron chi connectivity index (χ2n) is 16.8. The fraction of sp³-hybridized carbons (Fsp3) is 0.432. The Balaban J connectivity index is 0.000000174. The molecule has 2 saturated carbocycles. The van der Waals surface area contributed by atoms with Crippen LogP contribution < -0.4 is 9.44 Å². The number of halogens is 2. The predicted molar refractivity (Wildman–Crippen MR) is 221 cm³/mol. The third kappa shape index (κ3) is 9.37. The first-order valence-corrected chi connectivity index (χ1v) is 23.4. The van der Waals surface area contributed by atoms with E-state index in [2.05, 4.69) is 34.3 Å². The molecule has 0 spiro atoms. The smallest absolute Gasteiger partial charge is 0.229 e. The minimum atomic E-state index is -3.31. The lowest BCUT2D eigenvalue weighted by molar-refractivity contribution is -0.130. The number of carbonyl (C=O) groups is 1. The van der Waals surface area contributed by atoms with Crippen LogP contribution in [-0.2, 0) is 48.5 Å². The summed E-state index contributed by atoms with van der Waals surface area (Å²) < 4.78 is 77.1. The molecule has 2 heterocycles. The Morgan fingerprint density at radius 2 is 1.07 bits per heavy atom. The second kappa shape index (κ2) is 15.8. The van der Waals surface area contributed by atoms with Crippen LogP contribution in [0.3, 0.4) is 0 Å². The van der Waals surface area contributed by atoms with Crippen LogP contribution in [0.4, 0.5) is 20.2 Å². The van der Waals surface area contributed by atoms with Crippen molar-refractivity contribution in [1.29, 1.82) is 0 Å². The van der Waals surface area contributed by atoms with Crippen LogP contribution in [0.2, 0.25) is 0 Å².